The van der Waals surface area contributed by atoms with Gasteiger partial charge in [-0.05, 0) is 7.05 Å². The van der Waals surface area contributed by atoms with E-state index in [0.717, 1.165) is 6.54 Å². The molecule has 0 fully saturated rings. The van der Waals surface area contributed by atoms with Crippen molar-refractivity contribution in [1.29, 1.82) is 0 Å². The zero-order valence-corrected chi connectivity index (χ0v) is 6.26. The zero-order valence-electron chi connectivity index (χ0n) is 6.26. The number of hydrogen-bond acceptors (Lipinski definition) is 4. The van der Waals surface area contributed by atoms with E-state index in [-0.39, 0.29) is 0 Å². The number of primary amides is 1. The average molecular weight is 147 g/mol. The monoisotopic (exact) mass is 147 g/mol. The molecule has 0 spiro atoms. The van der Waals surface area contributed by atoms with Crippen LogP contribution < -0.4 is 11.1 Å². The van der Waals surface area contributed by atoms with Gasteiger partial charge in [0.05, 0.1) is 0 Å². The first kappa shape index (κ1) is 9.19. The standard InChI is InChI=1S/C5H13N3O2/c1-7-3-4-8(2)10-5(6)9/h7H,3-4H2,1-2H3,(H2,6,9). The minimum atomic E-state index is -0.779. The van der Waals surface area contributed by atoms with E-state index in [1.165, 1.54) is 5.06 Å². The molecule has 0 aliphatic heterocycles. The van der Waals surface area contributed by atoms with Crippen molar-refractivity contribution in [3.63, 3.8) is 0 Å². The Kier molecular flexibility index (Phi) is 4.61. The Morgan fingerprint density at radius 1 is 1.80 bits per heavy atom. The van der Waals surface area contributed by atoms with Crippen molar-refractivity contribution in [3.05, 3.63) is 0 Å². The van der Waals surface area contributed by atoms with Crippen LogP contribution in [0.2, 0.25) is 0 Å². The van der Waals surface area contributed by atoms with Crippen molar-refractivity contribution in [3.8, 4) is 0 Å². The van der Waals surface area contributed by atoms with Gasteiger partial charge in [-0.15, -0.1) is 5.06 Å². The van der Waals surface area contributed by atoms with Gasteiger partial charge in [0.25, 0.3) is 0 Å². The average Bonchev–Trinajstić information content (AvgIpc) is 1.82. The van der Waals surface area contributed by atoms with Crippen LogP contribution >= 0.6 is 0 Å². The fourth-order valence-electron chi connectivity index (χ4n) is 0.468. The van der Waals surface area contributed by atoms with Gasteiger partial charge in [0.1, 0.15) is 0 Å². The molecular formula is C5H13N3O2. The quantitative estimate of drug-likeness (QED) is 0.508. The highest BCUT2D eigenvalue weighted by molar-refractivity contribution is 5.64. The Hall–Kier alpha value is -0.810. The van der Waals surface area contributed by atoms with Crippen LogP contribution in [0.1, 0.15) is 0 Å². The molecule has 5 nitrogen and oxygen atoms in total. The highest BCUT2D eigenvalue weighted by atomic mass is 16.7. The number of nitrogens with zero attached hydrogens (tertiary/aromatic N) is 1. The number of nitrogens with one attached hydrogen (secondary N) is 1. The number of rotatable bonds is 4. The van der Waals surface area contributed by atoms with Crippen LogP contribution in [-0.4, -0.2) is 38.3 Å². The summed E-state index contributed by atoms with van der Waals surface area (Å²) in [6, 6.07) is 0. The van der Waals surface area contributed by atoms with E-state index in [9.17, 15) is 4.79 Å². The molecule has 0 saturated heterocycles. The third-order valence-corrected chi connectivity index (χ3v) is 0.923. The Morgan fingerprint density at radius 3 is 2.80 bits per heavy atom. The summed E-state index contributed by atoms with van der Waals surface area (Å²) in [5.41, 5.74) is 4.74. The lowest BCUT2D eigenvalue weighted by Crippen LogP contribution is -2.31. The van der Waals surface area contributed by atoms with Gasteiger partial charge in [-0.1, -0.05) is 0 Å². The summed E-state index contributed by atoms with van der Waals surface area (Å²) in [7, 11) is 3.46. The van der Waals surface area contributed by atoms with Crippen LogP contribution in [0.3, 0.4) is 0 Å². The Labute approximate surface area is 60.1 Å². The van der Waals surface area contributed by atoms with Crippen LogP contribution in [0.25, 0.3) is 0 Å². The summed E-state index contributed by atoms with van der Waals surface area (Å²) in [5.74, 6) is 0. The maximum absolute atomic E-state index is 10.1. The van der Waals surface area contributed by atoms with Crippen molar-refractivity contribution < 1.29 is 9.63 Å². The van der Waals surface area contributed by atoms with E-state index >= 15 is 0 Å². The Morgan fingerprint density at radius 2 is 2.40 bits per heavy atom. The molecule has 0 aromatic carbocycles. The van der Waals surface area contributed by atoms with Crippen LogP contribution in [0, 0.1) is 0 Å². The normalized spacial score (nSPS) is 9.90. The van der Waals surface area contributed by atoms with Crippen molar-refractivity contribution >= 4 is 6.09 Å². The number of amides is 1. The first-order chi connectivity index (χ1) is 4.66. The van der Waals surface area contributed by atoms with E-state index in [2.05, 4.69) is 10.2 Å². The molecular weight excluding hydrogens is 134 g/mol. The van der Waals surface area contributed by atoms with Gasteiger partial charge in [-0.3, -0.25) is 0 Å². The van der Waals surface area contributed by atoms with Crippen LogP contribution in [0.5, 0.6) is 0 Å². The summed E-state index contributed by atoms with van der Waals surface area (Å²) >= 11 is 0. The van der Waals surface area contributed by atoms with E-state index in [1.807, 2.05) is 7.05 Å². The summed E-state index contributed by atoms with van der Waals surface area (Å²) in [6.07, 6.45) is -0.779. The molecule has 3 N–H and O–H groups in total. The number of nitrogens with two attached hydrogens (primary N) is 1. The van der Waals surface area contributed by atoms with Gasteiger partial charge in [-0.25, -0.2) is 4.79 Å². The van der Waals surface area contributed by atoms with Crippen molar-refractivity contribution in [2.45, 2.75) is 0 Å². The Balaban J connectivity index is 3.25. The molecule has 0 aliphatic carbocycles. The van der Waals surface area contributed by atoms with E-state index in [1.54, 1.807) is 7.05 Å². The van der Waals surface area contributed by atoms with E-state index < -0.39 is 6.09 Å². The predicted molar refractivity (Wildman–Crippen MR) is 37.2 cm³/mol. The van der Waals surface area contributed by atoms with Crippen LogP contribution in [0.4, 0.5) is 4.79 Å². The lowest BCUT2D eigenvalue weighted by Gasteiger charge is -2.13. The fraction of sp³-hybridized carbons (Fsp3) is 0.800. The number of carbonyl (C=O) groups excluding carboxylic acids is 1. The molecule has 0 atom stereocenters. The largest absolute Gasteiger partial charge is 0.423 e. The molecule has 10 heavy (non-hydrogen) atoms. The minimum Gasteiger partial charge on any atom is -0.351 e. The van der Waals surface area contributed by atoms with Gasteiger partial charge in [0.15, 0.2) is 0 Å². The van der Waals surface area contributed by atoms with Gasteiger partial charge in [0, 0.05) is 20.1 Å². The lowest BCUT2D eigenvalue weighted by molar-refractivity contribution is -0.0716. The number of carbonyl (C=O) groups is 1. The zero-order chi connectivity index (χ0) is 7.98. The summed E-state index contributed by atoms with van der Waals surface area (Å²) < 4.78 is 0. The molecule has 0 heterocycles. The minimum absolute atomic E-state index is 0.624. The molecule has 0 aromatic rings. The van der Waals surface area contributed by atoms with Gasteiger partial charge in [-0.2, -0.15) is 0 Å². The molecule has 0 bridgehead atoms. The van der Waals surface area contributed by atoms with E-state index in [4.69, 9.17) is 5.73 Å². The fourth-order valence-corrected chi connectivity index (χ4v) is 0.468. The smallest absolute Gasteiger partial charge is 0.351 e. The lowest BCUT2D eigenvalue weighted by atomic mass is 10.6. The second-order valence-corrected chi connectivity index (χ2v) is 1.87. The maximum Gasteiger partial charge on any atom is 0.423 e. The molecule has 0 saturated carbocycles. The second-order valence-electron chi connectivity index (χ2n) is 1.87. The molecule has 0 unspecified atom stereocenters. The molecule has 5 heteroatoms. The molecule has 0 radical (unpaired) electrons. The molecule has 0 aromatic heterocycles. The first-order valence-corrected chi connectivity index (χ1v) is 3.00. The highest BCUT2D eigenvalue weighted by Crippen LogP contribution is 1.81. The first-order valence-electron chi connectivity index (χ1n) is 3.00. The van der Waals surface area contributed by atoms with Crippen LogP contribution in [-0.2, 0) is 4.84 Å². The topological polar surface area (TPSA) is 67.6 Å². The molecule has 1 amide bonds. The third kappa shape index (κ3) is 5.33. The number of hydroxylamine groups is 2. The van der Waals surface area contributed by atoms with Crippen molar-refractivity contribution in [1.82, 2.24) is 10.4 Å². The molecule has 60 valence electrons. The maximum atomic E-state index is 10.1. The second kappa shape index (κ2) is 5.01. The summed E-state index contributed by atoms with van der Waals surface area (Å²) in [6.45, 7) is 1.38. The number of hydrogen-bond donors (Lipinski definition) is 2. The van der Waals surface area contributed by atoms with Gasteiger partial charge in [0.2, 0.25) is 0 Å². The number of likely N-dealkylation sites (N-methyl/N-ethyl adjacent to an activating group) is 2. The SMILES string of the molecule is CNCCN(C)OC(N)=O. The predicted octanol–water partition coefficient (Wildman–Crippen LogP) is -0.852. The summed E-state index contributed by atoms with van der Waals surface area (Å²) in [4.78, 5) is 14.6. The van der Waals surface area contributed by atoms with Gasteiger partial charge >= 0.3 is 6.09 Å². The third-order valence-electron chi connectivity index (χ3n) is 0.923. The van der Waals surface area contributed by atoms with Crippen molar-refractivity contribution in [2.75, 3.05) is 27.2 Å². The summed E-state index contributed by atoms with van der Waals surface area (Å²) in [5, 5.41) is 4.27. The molecule has 0 rings (SSSR count). The van der Waals surface area contributed by atoms with E-state index in [0.29, 0.717) is 6.54 Å². The Bertz CT molecular complexity index is 107. The van der Waals surface area contributed by atoms with Crippen LogP contribution in [0.15, 0.2) is 0 Å². The van der Waals surface area contributed by atoms with Gasteiger partial charge < -0.3 is 15.9 Å². The van der Waals surface area contributed by atoms with Crippen molar-refractivity contribution in [2.24, 2.45) is 5.73 Å². The highest BCUT2D eigenvalue weighted by Gasteiger charge is 1.99. The molecule has 0 aliphatic rings.